The van der Waals surface area contributed by atoms with Gasteiger partial charge in [-0.1, -0.05) is 11.6 Å². The highest BCUT2D eigenvalue weighted by atomic mass is 35.5. The van der Waals surface area contributed by atoms with Crippen LogP contribution in [0.4, 0.5) is 3.89 Å². The zero-order valence-corrected chi connectivity index (χ0v) is 8.23. The topological polar surface area (TPSA) is 52.6 Å². The molecule has 1 aromatic rings. The Morgan fingerprint density at radius 1 is 1.36 bits per heavy atom. The number of benzene rings is 1. The van der Waals surface area contributed by atoms with E-state index in [2.05, 4.69) is 0 Å². The summed E-state index contributed by atoms with van der Waals surface area (Å²) in [5, 5.41) is 0.0104. The first kappa shape index (κ1) is 9.54. The van der Waals surface area contributed by atoms with Crippen molar-refractivity contribution >= 4 is 21.8 Å². The molecule has 0 aliphatic carbocycles. The second-order valence-corrected chi connectivity index (χ2v) is 4.33. The second-order valence-electron chi connectivity index (χ2n) is 2.58. The van der Waals surface area contributed by atoms with Crippen molar-refractivity contribution < 1.29 is 21.8 Å². The Bertz CT molecular complexity index is 485. The smallest absolute Gasteiger partial charge is 0.332 e. The Balaban J connectivity index is 2.64. The number of fused-ring (bicyclic) bond motifs is 1. The molecule has 0 fully saturated rings. The summed E-state index contributed by atoms with van der Waals surface area (Å²) < 4.78 is 43.5. The van der Waals surface area contributed by atoms with Gasteiger partial charge in [-0.2, -0.15) is 8.42 Å². The van der Waals surface area contributed by atoms with E-state index in [-0.39, 0.29) is 23.3 Å². The Morgan fingerprint density at radius 3 is 2.71 bits per heavy atom. The Kier molecular flexibility index (Phi) is 2.04. The van der Waals surface area contributed by atoms with Gasteiger partial charge in [0, 0.05) is 6.07 Å². The quantitative estimate of drug-likeness (QED) is 0.699. The summed E-state index contributed by atoms with van der Waals surface area (Å²) in [5.41, 5.74) is 0. The van der Waals surface area contributed by atoms with Crippen LogP contribution in [-0.2, 0) is 10.2 Å². The molecule has 0 spiro atoms. The maximum absolute atomic E-state index is 12.6. The molecule has 0 radical (unpaired) electrons. The average molecular weight is 239 g/mol. The molecular weight excluding hydrogens is 235 g/mol. The van der Waals surface area contributed by atoms with Gasteiger partial charge in [-0.3, -0.25) is 0 Å². The lowest BCUT2D eigenvalue weighted by molar-refractivity contribution is 0.174. The maximum Gasteiger partial charge on any atom is 0.332 e. The molecule has 1 aromatic carbocycles. The minimum atomic E-state index is -4.77. The molecule has 0 saturated heterocycles. The number of hydrogen-bond donors (Lipinski definition) is 0. The predicted octanol–water partition coefficient (Wildman–Crippen LogP) is 1.73. The van der Waals surface area contributed by atoms with Crippen LogP contribution in [0.2, 0.25) is 5.02 Å². The van der Waals surface area contributed by atoms with E-state index in [4.69, 9.17) is 21.1 Å². The van der Waals surface area contributed by atoms with E-state index in [0.717, 1.165) is 12.1 Å². The van der Waals surface area contributed by atoms with Gasteiger partial charge in [-0.05, 0) is 6.07 Å². The monoisotopic (exact) mass is 238 g/mol. The molecule has 0 N–H and O–H groups in total. The van der Waals surface area contributed by atoms with Crippen molar-refractivity contribution in [2.75, 3.05) is 6.79 Å². The molecule has 0 unspecified atom stereocenters. The Hall–Kier alpha value is -1.01. The van der Waals surface area contributed by atoms with Crippen LogP contribution in [0.1, 0.15) is 0 Å². The molecule has 1 heterocycles. The van der Waals surface area contributed by atoms with E-state index in [0.29, 0.717) is 0 Å². The van der Waals surface area contributed by atoms with Crippen LogP contribution in [0.3, 0.4) is 0 Å². The van der Waals surface area contributed by atoms with E-state index < -0.39 is 15.1 Å². The van der Waals surface area contributed by atoms with Gasteiger partial charge in [0.1, 0.15) is 4.90 Å². The highest BCUT2D eigenvalue weighted by Crippen LogP contribution is 2.41. The highest BCUT2D eigenvalue weighted by molar-refractivity contribution is 7.86. The highest BCUT2D eigenvalue weighted by Gasteiger charge is 2.23. The summed E-state index contributed by atoms with van der Waals surface area (Å²) in [7, 11) is -4.77. The second kappa shape index (κ2) is 2.99. The molecule has 76 valence electrons. The summed E-state index contributed by atoms with van der Waals surface area (Å²) in [4.78, 5) is -0.535. The van der Waals surface area contributed by atoms with E-state index in [9.17, 15) is 12.3 Å². The van der Waals surface area contributed by atoms with Crippen LogP contribution in [-0.4, -0.2) is 15.2 Å². The van der Waals surface area contributed by atoms with E-state index in [1.807, 2.05) is 0 Å². The molecular formula is C7H4ClFO4S. The molecule has 1 aliphatic rings. The lowest BCUT2D eigenvalue weighted by Crippen LogP contribution is -1.93. The fourth-order valence-electron chi connectivity index (χ4n) is 1.08. The third-order valence-corrected chi connectivity index (χ3v) is 2.76. The number of ether oxygens (including phenoxy) is 2. The molecule has 7 heteroatoms. The summed E-state index contributed by atoms with van der Waals surface area (Å²) in [6, 6.07) is 2.01. The molecule has 0 bridgehead atoms. The SMILES string of the molecule is O=S(=O)(F)c1cc(Cl)c2c(c1)OCO2. The summed E-state index contributed by atoms with van der Waals surface area (Å²) >= 11 is 5.64. The van der Waals surface area contributed by atoms with Crippen molar-refractivity contribution in [3.8, 4) is 11.5 Å². The third-order valence-electron chi connectivity index (χ3n) is 1.68. The largest absolute Gasteiger partial charge is 0.453 e. The van der Waals surface area contributed by atoms with Gasteiger partial charge in [0.15, 0.2) is 11.5 Å². The van der Waals surface area contributed by atoms with Crippen molar-refractivity contribution in [1.29, 1.82) is 0 Å². The van der Waals surface area contributed by atoms with Crippen molar-refractivity contribution in [3.05, 3.63) is 17.2 Å². The predicted molar refractivity (Wildman–Crippen MR) is 45.9 cm³/mol. The van der Waals surface area contributed by atoms with E-state index in [1.54, 1.807) is 0 Å². The molecule has 14 heavy (non-hydrogen) atoms. The lowest BCUT2D eigenvalue weighted by atomic mass is 10.3. The number of rotatable bonds is 1. The van der Waals surface area contributed by atoms with Crippen LogP contribution in [0.15, 0.2) is 17.0 Å². The molecule has 0 saturated carbocycles. The van der Waals surface area contributed by atoms with Crippen LogP contribution < -0.4 is 9.47 Å². The van der Waals surface area contributed by atoms with Gasteiger partial charge < -0.3 is 9.47 Å². The summed E-state index contributed by atoms with van der Waals surface area (Å²) in [6.07, 6.45) is 0. The van der Waals surface area contributed by atoms with Crippen LogP contribution in [0.5, 0.6) is 11.5 Å². The third kappa shape index (κ3) is 1.51. The van der Waals surface area contributed by atoms with Gasteiger partial charge in [-0.15, -0.1) is 3.89 Å². The fourth-order valence-corrected chi connectivity index (χ4v) is 1.92. The van der Waals surface area contributed by atoms with Crippen molar-refractivity contribution in [2.24, 2.45) is 0 Å². The fraction of sp³-hybridized carbons (Fsp3) is 0.143. The van der Waals surface area contributed by atoms with Gasteiger partial charge in [-0.25, -0.2) is 0 Å². The van der Waals surface area contributed by atoms with Gasteiger partial charge in [0.25, 0.3) is 0 Å². The van der Waals surface area contributed by atoms with Gasteiger partial charge in [0.2, 0.25) is 6.79 Å². The molecule has 0 atom stereocenters. The van der Waals surface area contributed by atoms with Crippen molar-refractivity contribution in [2.45, 2.75) is 4.90 Å². The molecule has 1 aliphatic heterocycles. The summed E-state index contributed by atoms with van der Waals surface area (Å²) in [6.45, 7) is -0.0508. The minimum Gasteiger partial charge on any atom is -0.453 e. The van der Waals surface area contributed by atoms with Crippen molar-refractivity contribution in [1.82, 2.24) is 0 Å². The number of halogens is 2. The lowest BCUT2D eigenvalue weighted by Gasteiger charge is -2.00. The first-order chi connectivity index (χ1) is 6.48. The zero-order chi connectivity index (χ0) is 10.3. The first-order valence-corrected chi connectivity index (χ1v) is 5.28. The van der Waals surface area contributed by atoms with Gasteiger partial charge in [0.05, 0.1) is 5.02 Å². The Labute approximate surface area is 84.4 Å². The number of hydrogen-bond acceptors (Lipinski definition) is 4. The van der Waals surface area contributed by atoms with Crippen LogP contribution in [0.25, 0.3) is 0 Å². The summed E-state index contributed by atoms with van der Waals surface area (Å²) in [5.74, 6) is 0.368. The molecule has 0 aromatic heterocycles. The normalized spacial score (nSPS) is 14.4. The first-order valence-electron chi connectivity index (χ1n) is 3.52. The van der Waals surface area contributed by atoms with Crippen LogP contribution >= 0.6 is 11.6 Å². The molecule has 4 nitrogen and oxygen atoms in total. The zero-order valence-electron chi connectivity index (χ0n) is 6.66. The van der Waals surface area contributed by atoms with Crippen molar-refractivity contribution in [3.63, 3.8) is 0 Å². The van der Waals surface area contributed by atoms with E-state index in [1.165, 1.54) is 0 Å². The molecule has 0 amide bonds. The standard InChI is InChI=1S/C7H4ClFO4S/c8-5-1-4(14(9,10)11)2-6-7(5)13-3-12-6/h1-2H,3H2. The molecule has 2 rings (SSSR count). The average Bonchev–Trinajstić information content (AvgIpc) is 2.50. The van der Waals surface area contributed by atoms with Crippen LogP contribution in [0, 0.1) is 0 Å². The van der Waals surface area contributed by atoms with E-state index >= 15 is 0 Å². The maximum atomic E-state index is 12.6. The Morgan fingerprint density at radius 2 is 2.07 bits per heavy atom. The minimum absolute atomic E-state index is 0.0104. The van der Waals surface area contributed by atoms with Gasteiger partial charge >= 0.3 is 10.2 Å².